The van der Waals surface area contributed by atoms with Crippen LogP contribution in [-0.2, 0) is 11.2 Å². The molecule has 204 valence electrons. The SMILES string of the molecule is CCCCCCCCc1ccc(-c2ccc(C3CCC(C#N)(C4CCC(CCC)C(=O)C4)CC3)cc2)cc1. The van der Waals surface area contributed by atoms with Crippen molar-refractivity contribution in [3.8, 4) is 17.2 Å². The number of hydrogen-bond donors (Lipinski definition) is 0. The second-order valence-corrected chi connectivity index (χ2v) is 12.3. The highest BCUT2D eigenvalue weighted by atomic mass is 16.1. The molecule has 0 spiro atoms. The summed E-state index contributed by atoms with van der Waals surface area (Å²) in [7, 11) is 0. The molecule has 2 unspecified atom stereocenters. The molecule has 2 aromatic carbocycles. The van der Waals surface area contributed by atoms with Crippen LogP contribution in [0.25, 0.3) is 11.1 Å². The minimum absolute atomic E-state index is 0.248. The van der Waals surface area contributed by atoms with Crippen LogP contribution < -0.4 is 0 Å². The third-order valence-corrected chi connectivity index (χ3v) is 9.77. The lowest BCUT2D eigenvalue weighted by Gasteiger charge is -2.43. The van der Waals surface area contributed by atoms with Crippen molar-refractivity contribution >= 4 is 5.78 Å². The van der Waals surface area contributed by atoms with Gasteiger partial charge in [-0.3, -0.25) is 4.79 Å². The summed E-state index contributed by atoms with van der Waals surface area (Å²) in [4.78, 5) is 12.7. The normalized spacial score (nSPS) is 25.7. The molecule has 0 heterocycles. The monoisotopic (exact) mass is 511 g/mol. The number of Topliss-reactive ketones (excluding diaryl/α,β-unsaturated/α-hetero) is 1. The zero-order chi connectivity index (χ0) is 26.8. The summed E-state index contributed by atoms with van der Waals surface area (Å²) in [5.74, 6) is 1.46. The molecule has 2 aromatic rings. The van der Waals surface area contributed by atoms with Crippen LogP contribution in [0.15, 0.2) is 48.5 Å². The smallest absolute Gasteiger partial charge is 0.136 e. The van der Waals surface area contributed by atoms with E-state index in [1.165, 1.54) is 67.2 Å². The van der Waals surface area contributed by atoms with Crippen LogP contribution in [0.2, 0.25) is 0 Å². The van der Waals surface area contributed by atoms with E-state index in [1.54, 1.807) is 0 Å². The minimum atomic E-state index is -0.291. The van der Waals surface area contributed by atoms with Gasteiger partial charge in [0.15, 0.2) is 0 Å². The average Bonchev–Trinajstić information content (AvgIpc) is 2.96. The number of carbonyl (C=O) groups excluding carboxylic acids is 1. The van der Waals surface area contributed by atoms with Gasteiger partial charge in [0.25, 0.3) is 0 Å². The van der Waals surface area contributed by atoms with E-state index < -0.39 is 0 Å². The van der Waals surface area contributed by atoms with E-state index in [1.807, 2.05) is 0 Å². The van der Waals surface area contributed by atoms with Gasteiger partial charge in [0, 0.05) is 12.3 Å². The number of hydrogen-bond acceptors (Lipinski definition) is 2. The van der Waals surface area contributed by atoms with Crippen LogP contribution in [0.1, 0.15) is 127 Å². The summed E-state index contributed by atoms with van der Waals surface area (Å²) < 4.78 is 0. The summed E-state index contributed by atoms with van der Waals surface area (Å²) >= 11 is 0. The number of nitriles is 1. The Morgan fingerprint density at radius 2 is 1.42 bits per heavy atom. The Kier molecular flexibility index (Phi) is 10.6. The van der Waals surface area contributed by atoms with Crippen molar-refractivity contribution in [2.24, 2.45) is 17.3 Å². The molecule has 2 heteroatoms. The van der Waals surface area contributed by atoms with Gasteiger partial charge in [-0.2, -0.15) is 5.26 Å². The molecule has 2 saturated carbocycles. The van der Waals surface area contributed by atoms with Gasteiger partial charge in [-0.25, -0.2) is 0 Å². The molecule has 0 aromatic heterocycles. The van der Waals surface area contributed by atoms with Gasteiger partial charge in [-0.05, 0) is 91.9 Å². The van der Waals surface area contributed by atoms with Gasteiger partial charge in [-0.1, -0.05) is 101 Å². The van der Waals surface area contributed by atoms with Crippen LogP contribution in [0, 0.1) is 28.6 Å². The Balaban J connectivity index is 1.28. The summed E-state index contributed by atoms with van der Waals surface area (Å²) in [5.41, 5.74) is 5.14. The van der Waals surface area contributed by atoms with Crippen LogP contribution >= 0.6 is 0 Å². The molecule has 2 nitrogen and oxygen atoms in total. The van der Waals surface area contributed by atoms with E-state index in [0.717, 1.165) is 51.4 Å². The number of nitrogens with zero attached hydrogens (tertiary/aromatic N) is 1. The van der Waals surface area contributed by atoms with Crippen LogP contribution in [-0.4, -0.2) is 5.78 Å². The number of ketones is 1. The van der Waals surface area contributed by atoms with Crippen molar-refractivity contribution in [2.45, 2.75) is 122 Å². The maximum Gasteiger partial charge on any atom is 0.136 e. The van der Waals surface area contributed by atoms with Crippen LogP contribution in [0.5, 0.6) is 0 Å². The predicted molar refractivity (Wildman–Crippen MR) is 159 cm³/mol. The largest absolute Gasteiger partial charge is 0.299 e. The summed E-state index contributed by atoms with van der Waals surface area (Å²) in [6, 6.07) is 21.1. The average molecular weight is 512 g/mol. The first-order valence-corrected chi connectivity index (χ1v) is 15.7. The first-order valence-electron chi connectivity index (χ1n) is 15.7. The lowest BCUT2D eigenvalue weighted by molar-refractivity contribution is -0.128. The minimum Gasteiger partial charge on any atom is -0.299 e. The first-order chi connectivity index (χ1) is 18.6. The second-order valence-electron chi connectivity index (χ2n) is 12.3. The van der Waals surface area contributed by atoms with Gasteiger partial charge in [0.2, 0.25) is 0 Å². The molecule has 2 aliphatic rings. The molecule has 4 rings (SSSR count). The van der Waals surface area contributed by atoms with Gasteiger partial charge in [0.1, 0.15) is 5.78 Å². The van der Waals surface area contributed by atoms with E-state index in [4.69, 9.17) is 0 Å². The molecule has 2 fully saturated rings. The van der Waals surface area contributed by atoms with Crippen molar-refractivity contribution in [3.63, 3.8) is 0 Å². The summed E-state index contributed by atoms with van der Waals surface area (Å²) in [6.07, 6.45) is 18.0. The fourth-order valence-corrected chi connectivity index (χ4v) is 7.20. The zero-order valence-corrected chi connectivity index (χ0v) is 24.0. The lowest BCUT2D eigenvalue weighted by Crippen LogP contribution is -2.38. The first kappa shape index (κ1) is 28.6. The standard InChI is InChI=1S/C36H49NO/c1-3-5-6-7-8-9-11-28-12-14-29(15-13-28)30-16-18-31(19-17-30)32-22-24-36(27-37,25-23-32)34-21-20-33(10-4-2)35(38)26-34/h12-19,32-34H,3-11,20-26H2,1-2H3. The number of aryl methyl sites for hydroxylation is 1. The fourth-order valence-electron chi connectivity index (χ4n) is 7.20. The van der Waals surface area contributed by atoms with Crippen LogP contribution in [0.4, 0.5) is 0 Å². The molecular formula is C36H49NO. The maximum atomic E-state index is 12.7. The van der Waals surface area contributed by atoms with Crippen molar-refractivity contribution < 1.29 is 4.79 Å². The Bertz CT molecular complexity index is 1040. The zero-order valence-electron chi connectivity index (χ0n) is 24.0. The van der Waals surface area contributed by atoms with Crippen molar-refractivity contribution in [1.29, 1.82) is 5.26 Å². The van der Waals surface area contributed by atoms with Crippen molar-refractivity contribution in [1.82, 2.24) is 0 Å². The van der Waals surface area contributed by atoms with E-state index in [9.17, 15) is 10.1 Å². The quantitative estimate of drug-likeness (QED) is 0.266. The lowest BCUT2D eigenvalue weighted by atomic mass is 9.59. The number of rotatable bonds is 12. The Hall–Kier alpha value is -2.40. The molecule has 38 heavy (non-hydrogen) atoms. The highest BCUT2D eigenvalue weighted by molar-refractivity contribution is 5.82. The molecule has 0 radical (unpaired) electrons. The van der Waals surface area contributed by atoms with Crippen molar-refractivity contribution in [2.75, 3.05) is 0 Å². The van der Waals surface area contributed by atoms with E-state index >= 15 is 0 Å². The summed E-state index contributed by atoms with van der Waals surface area (Å²) in [5, 5.41) is 10.2. The molecule has 0 aliphatic heterocycles. The molecular weight excluding hydrogens is 462 g/mol. The highest BCUT2D eigenvalue weighted by Gasteiger charge is 2.45. The number of benzene rings is 2. The Morgan fingerprint density at radius 1 is 0.789 bits per heavy atom. The number of unbranched alkanes of at least 4 members (excludes halogenated alkanes) is 5. The second kappa shape index (κ2) is 14.1. The molecule has 0 bridgehead atoms. The van der Waals surface area contributed by atoms with E-state index in [2.05, 4.69) is 68.4 Å². The van der Waals surface area contributed by atoms with E-state index in [-0.39, 0.29) is 17.3 Å². The molecule has 0 N–H and O–H groups in total. The molecule has 0 saturated heterocycles. The Labute approximate surface area is 232 Å². The third-order valence-electron chi connectivity index (χ3n) is 9.77. The topological polar surface area (TPSA) is 40.9 Å². The van der Waals surface area contributed by atoms with Gasteiger partial charge in [-0.15, -0.1) is 0 Å². The summed E-state index contributed by atoms with van der Waals surface area (Å²) in [6.45, 7) is 4.44. The van der Waals surface area contributed by atoms with Gasteiger partial charge in [0.05, 0.1) is 11.5 Å². The van der Waals surface area contributed by atoms with Crippen LogP contribution in [0.3, 0.4) is 0 Å². The van der Waals surface area contributed by atoms with Crippen molar-refractivity contribution in [3.05, 3.63) is 59.7 Å². The Morgan fingerprint density at radius 3 is 2.03 bits per heavy atom. The number of carbonyl (C=O) groups is 1. The van der Waals surface area contributed by atoms with Gasteiger partial charge >= 0.3 is 0 Å². The molecule has 0 amide bonds. The fraction of sp³-hybridized carbons (Fsp3) is 0.611. The highest BCUT2D eigenvalue weighted by Crippen LogP contribution is 2.51. The molecule has 2 aliphatic carbocycles. The third kappa shape index (κ3) is 7.16. The predicted octanol–water partition coefficient (Wildman–Crippen LogP) is 10.2. The molecule has 2 atom stereocenters. The van der Waals surface area contributed by atoms with Gasteiger partial charge < -0.3 is 0 Å². The van der Waals surface area contributed by atoms with E-state index in [0.29, 0.717) is 18.1 Å². The maximum absolute atomic E-state index is 12.7.